The summed E-state index contributed by atoms with van der Waals surface area (Å²) in [4.78, 5) is 2.51. The van der Waals surface area contributed by atoms with Crippen LogP contribution < -0.4 is 10.6 Å². The molecule has 4 rings (SSSR count). The minimum Gasteiger partial charge on any atom is -0.467 e. The van der Waals surface area contributed by atoms with Crippen molar-refractivity contribution in [2.24, 2.45) is 11.8 Å². The van der Waals surface area contributed by atoms with E-state index in [1.807, 2.05) is 12.1 Å². The summed E-state index contributed by atoms with van der Waals surface area (Å²) < 4.78 is 5.27. The number of hydrogen-bond donors (Lipinski definition) is 2. The second-order valence-electron chi connectivity index (χ2n) is 5.85. The average Bonchev–Trinajstić information content (AvgIpc) is 3.04. The molecule has 5 heteroatoms. The van der Waals surface area contributed by atoms with Gasteiger partial charge in [-0.15, -0.1) is 12.3 Å². The van der Waals surface area contributed by atoms with E-state index in [0.29, 0.717) is 29.5 Å². The molecule has 0 aromatic carbocycles. The summed E-state index contributed by atoms with van der Waals surface area (Å²) in [5, 5.41) is 7.17. The molecule has 4 atom stereocenters. The Balaban J connectivity index is 1.41. The SMILES string of the molecule is C#C[C@H]1CN2CC[C@H]1C[C@@H]2CNC(=S)NCc1ccco1. The predicted octanol–water partition coefficient (Wildman–Crippen LogP) is 1.59. The molecule has 1 unspecified atom stereocenters. The van der Waals surface area contributed by atoms with Crippen LogP contribution in [0.4, 0.5) is 0 Å². The number of rotatable bonds is 4. The fourth-order valence-corrected chi connectivity index (χ4v) is 3.55. The number of hydrogen-bond acceptors (Lipinski definition) is 3. The van der Waals surface area contributed by atoms with Gasteiger partial charge in [-0.2, -0.15) is 0 Å². The molecule has 3 fully saturated rings. The lowest BCUT2D eigenvalue weighted by Crippen LogP contribution is -2.57. The molecule has 2 N–H and O–H groups in total. The summed E-state index contributed by atoms with van der Waals surface area (Å²) >= 11 is 5.31. The first-order valence-electron chi connectivity index (χ1n) is 7.50. The van der Waals surface area contributed by atoms with E-state index in [4.69, 9.17) is 23.1 Å². The Morgan fingerprint density at radius 3 is 3.10 bits per heavy atom. The minimum absolute atomic E-state index is 0.444. The van der Waals surface area contributed by atoms with E-state index in [9.17, 15) is 0 Å². The molecule has 1 aromatic heterocycles. The van der Waals surface area contributed by atoms with Gasteiger partial charge in [0, 0.05) is 25.0 Å². The van der Waals surface area contributed by atoms with Crippen molar-refractivity contribution in [1.82, 2.24) is 15.5 Å². The van der Waals surface area contributed by atoms with Crippen LogP contribution in [-0.2, 0) is 6.54 Å². The number of fused-ring (bicyclic) bond motifs is 3. The van der Waals surface area contributed by atoms with Gasteiger partial charge < -0.3 is 15.1 Å². The van der Waals surface area contributed by atoms with Crippen molar-refractivity contribution in [1.29, 1.82) is 0 Å². The molecule has 2 bridgehead atoms. The zero-order valence-electron chi connectivity index (χ0n) is 12.0. The Morgan fingerprint density at radius 2 is 2.43 bits per heavy atom. The first kappa shape index (κ1) is 14.4. The van der Waals surface area contributed by atoms with Crippen LogP contribution in [0.25, 0.3) is 0 Å². The molecule has 0 spiro atoms. The summed E-state index contributed by atoms with van der Waals surface area (Å²) in [6.07, 6.45) is 9.71. The van der Waals surface area contributed by atoms with Crippen molar-refractivity contribution in [3.63, 3.8) is 0 Å². The van der Waals surface area contributed by atoms with Crippen LogP contribution in [0.2, 0.25) is 0 Å². The highest BCUT2D eigenvalue weighted by Crippen LogP contribution is 2.35. The van der Waals surface area contributed by atoms with Crippen LogP contribution in [0.5, 0.6) is 0 Å². The average molecular weight is 303 g/mol. The number of furan rings is 1. The van der Waals surface area contributed by atoms with Crippen molar-refractivity contribution in [3.8, 4) is 12.3 Å². The van der Waals surface area contributed by atoms with Crippen LogP contribution >= 0.6 is 12.2 Å². The molecule has 4 heterocycles. The monoisotopic (exact) mass is 303 g/mol. The molecule has 112 valence electrons. The summed E-state index contributed by atoms with van der Waals surface area (Å²) in [7, 11) is 0. The summed E-state index contributed by atoms with van der Waals surface area (Å²) in [5.74, 6) is 4.97. The van der Waals surface area contributed by atoms with Crippen LogP contribution in [0, 0.1) is 24.2 Å². The van der Waals surface area contributed by atoms with Crippen LogP contribution in [0.15, 0.2) is 22.8 Å². The Labute approximate surface area is 131 Å². The molecule has 1 aromatic rings. The maximum atomic E-state index is 5.61. The third kappa shape index (κ3) is 3.39. The molecular formula is C16H21N3OS. The highest BCUT2D eigenvalue weighted by atomic mass is 32.1. The fraction of sp³-hybridized carbons (Fsp3) is 0.562. The van der Waals surface area contributed by atoms with Gasteiger partial charge in [-0.3, -0.25) is 4.90 Å². The Kier molecular flexibility index (Phi) is 4.47. The highest BCUT2D eigenvalue weighted by molar-refractivity contribution is 7.80. The van der Waals surface area contributed by atoms with E-state index in [1.165, 1.54) is 19.4 Å². The van der Waals surface area contributed by atoms with Gasteiger partial charge in [-0.1, -0.05) is 0 Å². The van der Waals surface area contributed by atoms with Crippen molar-refractivity contribution in [3.05, 3.63) is 24.2 Å². The molecule has 3 aliphatic rings. The third-order valence-corrected chi connectivity index (χ3v) is 4.88. The highest BCUT2D eigenvalue weighted by Gasteiger charge is 2.38. The number of piperidine rings is 3. The van der Waals surface area contributed by atoms with Gasteiger partial charge >= 0.3 is 0 Å². The largest absolute Gasteiger partial charge is 0.467 e. The van der Waals surface area contributed by atoms with E-state index in [0.717, 1.165) is 18.8 Å². The zero-order valence-corrected chi connectivity index (χ0v) is 12.9. The molecule has 0 amide bonds. The first-order chi connectivity index (χ1) is 10.3. The van der Waals surface area contributed by atoms with Crippen LogP contribution in [-0.4, -0.2) is 35.7 Å². The summed E-state index contributed by atoms with van der Waals surface area (Å²) in [6, 6.07) is 4.36. The summed E-state index contributed by atoms with van der Waals surface area (Å²) in [5.41, 5.74) is 0. The van der Waals surface area contributed by atoms with Gasteiger partial charge in [0.2, 0.25) is 0 Å². The van der Waals surface area contributed by atoms with Crippen molar-refractivity contribution < 1.29 is 4.42 Å². The standard InChI is InChI=1S/C16H21N3OS/c1-2-12-11-19-6-5-13(12)8-14(19)9-17-16(21)18-10-15-4-3-7-20-15/h1,3-4,7,12-14H,5-6,8-11H2,(H2,17,18,21)/t12-,13-,14+/m0/s1. The molecular weight excluding hydrogens is 282 g/mol. The van der Waals surface area contributed by atoms with Gasteiger partial charge in [-0.25, -0.2) is 0 Å². The van der Waals surface area contributed by atoms with Gasteiger partial charge in [0.25, 0.3) is 0 Å². The lowest BCUT2D eigenvalue weighted by molar-refractivity contribution is 0.0248. The molecule has 0 saturated carbocycles. The molecule has 0 radical (unpaired) electrons. The Hall–Kier alpha value is -1.51. The van der Waals surface area contributed by atoms with Gasteiger partial charge in [0.05, 0.1) is 12.8 Å². The molecule has 21 heavy (non-hydrogen) atoms. The lowest BCUT2D eigenvalue weighted by atomic mass is 9.76. The van der Waals surface area contributed by atoms with E-state index >= 15 is 0 Å². The Morgan fingerprint density at radius 1 is 1.52 bits per heavy atom. The normalized spacial score (nSPS) is 30.6. The molecule has 0 aliphatic carbocycles. The lowest BCUT2D eigenvalue weighted by Gasteiger charge is -2.48. The van der Waals surface area contributed by atoms with Gasteiger partial charge in [-0.05, 0) is 49.7 Å². The maximum absolute atomic E-state index is 5.61. The fourth-order valence-electron chi connectivity index (χ4n) is 3.39. The topological polar surface area (TPSA) is 40.4 Å². The van der Waals surface area contributed by atoms with E-state index in [1.54, 1.807) is 6.26 Å². The van der Waals surface area contributed by atoms with E-state index in [-0.39, 0.29) is 0 Å². The second kappa shape index (κ2) is 6.50. The van der Waals surface area contributed by atoms with Crippen molar-refractivity contribution in [2.75, 3.05) is 19.6 Å². The van der Waals surface area contributed by atoms with Crippen LogP contribution in [0.3, 0.4) is 0 Å². The zero-order chi connectivity index (χ0) is 14.7. The maximum Gasteiger partial charge on any atom is 0.166 e. The van der Waals surface area contributed by atoms with E-state index < -0.39 is 0 Å². The molecule has 4 nitrogen and oxygen atoms in total. The molecule has 3 aliphatic heterocycles. The second-order valence-corrected chi connectivity index (χ2v) is 6.26. The van der Waals surface area contributed by atoms with Crippen LogP contribution in [0.1, 0.15) is 18.6 Å². The van der Waals surface area contributed by atoms with E-state index in [2.05, 4.69) is 21.5 Å². The number of thiocarbonyl (C=S) groups is 1. The first-order valence-corrected chi connectivity index (χ1v) is 7.91. The number of nitrogens with one attached hydrogen (secondary N) is 2. The van der Waals surface area contributed by atoms with Gasteiger partial charge in [0.1, 0.15) is 5.76 Å². The minimum atomic E-state index is 0.444. The third-order valence-electron chi connectivity index (χ3n) is 4.59. The Bertz CT molecular complexity index is 522. The smallest absolute Gasteiger partial charge is 0.166 e. The summed E-state index contributed by atoms with van der Waals surface area (Å²) in [6.45, 7) is 3.72. The quantitative estimate of drug-likeness (QED) is 0.653. The molecule has 3 saturated heterocycles. The number of terminal acetylenes is 1. The van der Waals surface area contributed by atoms with Crippen molar-refractivity contribution in [2.45, 2.75) is 25.4 Å². The van der Waals surface area contributed by atoms with Crippen molar-refractivity contribution >= 4 is 17.3 Å². The van der Waals surface area contributed by atoms with Gasteiger partial charge in [0.15, 0.2) is 5.11 Å². The predicted molar refractivity (Wildman–Crippen MR) is 86.6 cm³/mol. The number of nitrogens with zero attached hydrogens (tertiary/aromatic N) is 1.